The molecular formula is C21H20ClN5O6. The third kappa shape index (κ3) is 4.02. The van der Waals surface area contributed by atoms with Crippen molar-refractivity contribution in [2.24, 2.45) is 10.3 Å². The Morgan fingerprint density at radius 3 is 2.45 bits per heavy atom. The van der Waals surface area contributed by atoms with Crippen LogP contribution in [-0.2, 0) is 14.4 Å². The lowest BCUT2D eigenvalue weighted by Gasteiger charge is -2.20. The molecule has 2 aromatic rings. The van der Waals surface area contributed by atoms with Crippen molar-refractivity contribution in [2.75, 3.05) is 38.1 Å². The summed E-state index contributed by atoms with van der Waals surface area (Å²) < 4.78 is 15.5. The average molecular weight is 474 g/mol. The van der Waals surface area contributed by atoms with Crippen LogP contribution in [0.15, 0.2) is 46.7 Å². The predicted octanol–water partition coefficient (Wildman–Crippen LogP) is 2.30. The van der Waals surface area contributed by atoms with E-state index in [2.05, 4.69) is 15.7 Å². The maximum absolute atomic E-state index is 13.1. The summed E-state index contributed by atoms with van der Waals surface area (Å²) in [5.74, 6) is -0.190. The van der Waals surface area contributed by atoms with Gasteiger partial charge in [-0.25, -0.2) is 4.90 Å². The van der Waals surface area contributed by atoms with Crippen molar-refractivity contribution in [1.82, 2.24) is 5.01 Å². The van der Waals surface area contributed by atoms with Crippen LogP contribution in [0.2, 0.25) is 5.02 Å². The van der Waals surface area contributed by atoms with Crippen molar-refractivity contribution in [3.63, 3.8) is 0 Å². The molecule has 2 aliphatic heterocycles. The molecule has 1 fully saturated rings. The minimum absolute atomic E-state index is 0.249. The minimum atomic E-state index is -1.04. The molecule has 11 nitrogen and oxygen atoms in total. The molecule has 0 aromatic heterocycles. The van der Waals surface area contributed by atoms with Gasteiger partial charge >= 0.3 is 0 Å². The Morgan fingerprint density at radius 2 is 1.79 bits per heavy atom. The highest BCUT2D eigenvalue weighted by Gasteiger charge is 2.55. The number of carbonyl (C=O) groups excluding carboxylic acids is 3. The number of hydrogen-bond donors (Lipinski definition) is 1. The van der Waals surface area contributed by atoms with Gasteiger partial charge in [0.1, 0.15) is 23.8 Å². The number of rotatable bonds is 7. The third-order valence-corrected chi connectivity index (χ3v) is 5.54. The minimum Gasteiger partial charge on any atom is -0.497 e. The SMILES string of the molecule is COc1ccc(NC(=O)CN2N=N[C@H]3C(=O)N(c4ccc(OC)c(Cl)c4)C(=O)[C@@H]32)c(OC)c1. The molecule has 0 unspecified atom stereocenters. The molecule has 33 heavy (non-hydrogen) atoms. The zero-order valence-corrected chi connectivity index (χ0v) is 18.7. The van der Waals surface area contributed by atoms with Gasteiger partial charge in [0.25, 0.3) is 11.8 Å². The highest BCUT2D eigenvalue weighted by Crippen LogP contribution is 2.35. The summed E-state index contributed by atoms with van der Waals surface area (Å²) in [6, 6.07) is 7.42. The Kier molecular flexibility index (Phi) is 6.05. The van der Waals surface area contributed by atoms with Gasteiger partial charge in [0.05, 0.1) is 37.7 Å². The maximum atomic E-state index is 13.1. The monoisotopic (exact) mass is 473 g/mol. The molecule has 4 rings (SSSR count). The number of methoxy groups -OCH3 is 3. The first-order valence-corrected chi connectivity index (χ1v) is 10.2. The lowest BCUT2D eigenvalue weighted by Crippen LogP contribution is -2.43. The van der Waals surface area contributed by atoms with Crippen molar-refractivity contribution in [3.8, 4) is 17.2 Å². The second-order valence-corrected chi connectivity index (χ2v) is 7.54. The number of anilines is 2. The average Bonchev–Trinajstić information content (AvgIpc) is 3.33. The summed E-state index contributed by atoms with van der Waals surface area (Å²) in [5.41, 5.74) is 0.701. The summed E-state index contributed by atoms with van der Waals surface area (Å²) in [6.45, 7) is -0.296. The van der Waals surface area contributed by atoms with Gasteiger partial charge in [-0.05, 0) is 30.3 Å². The van der Waals surface area contributed by atoms with E-state index in [0.717, 1.165) is 4.90 Å². The van der Waals surface area contributed by atoms with Crippen LogP contribution in [0.25, 0.3) is 0 Å². The second kappa shape index (κ2) is 8.94. The fraction of sp³-hybridized carbons (Fsp3) is 0.286. The zero-order chi connectivity index (χ0) is 23.7. The lowest BCUT2D eigenvalue weighted by molar-refractivity contribution is -0.123. The zero-order valence-electron chi connectivity index (χ0n) is 17.9. The number of nitrogens with zero attached hydrogens (tertiary/aromatic N) is 4. The van der Waals surface area contributed by atoms with Gasteiger partial charge in [0.15, 0.2) is 12.1 Å². The van der Waals surface area contributed by atoms with Crippen LogP contribution in [0.5, 0.6) is 17.2 Å². The fourth-order valence-corrected chi connectivity index (χ4v) is 3.89. The van der Waals surface area contributed by atoms with E-state index in [0.29, 0.717) is 22.9 Å². The highest BCUT2D eigenvalue weighted by molar-refractivity contribution is 6.33. The Morgan fingerprint density at radius 1 is 1.03 bits per heavy atom. The van der Waals surface area contributed by atoms with Crippen molar-refractivity contribution in [1.29, 1.82) is 0 Å². The molecule has 12 heteroatoms. The molecule has 0 bridgehead atoms. The van der Waals surface area contributed by atoms with E-state index in [1.807, 2.05) is 0 Å². The Bertz CT molecular complexity index is 1160. The molecule has 2 heterocycles. The van der Waals surface area contributed by atoms with Gasteiger partial charge in [-0.15, -0.1) is 0 Å². The number of nitrogens with one attached hydrogen (secondary N) is 1. The normalized spacial score (nSPS) is 19.0. The van der Waals surface area contributed by atoms with Crippen molar-refractivity contribution in [2.45, 2.75) is 12.1 Å². The van der Waals surface area contributed by atoms with Gasteiger partial charge in [0.2, 0.25) is 5.91 Å². The van der Waals surface area contributed by atoms with E-state index >= 15 is 0 Å². The topological polar surface area (TPSA) is 122 Å². The van der Waals surface area contributed by atoms with Crippen LogP contribution >= 0.6 is 11.6 Å². The largest absolute Gasteiger partial charge is 0.497 e. The van der Waals surface area contributed by atoms with Gasteiger partial charge in [-0.3, -0.25) is 19.4 Å². The molecule has 2 atom stereocenters. The third-order valence-electron chi connectivity index (χ3n) is 5.24. The molecule has 172 valence electrons. The van der Waals surface area contributed by atoms with E-state index in [-0.39, 0.29) is 17.3 Å². The van der Waals surface area contributed by atoms with E-state index in [1.54, 1.807) is 30.3 Å². The Labute approximate surface area is 193 Å². The first kappa shape index (κ1) is 22.3. The predicted molar refractivity (Wildman–Crippen MR) is 118 cm³/mol. The molecule has 3 amide bonds. The molecular weight excluding hydrogens is 454 g/mol. The van der Waals surface area contributed by atoms with Crippen molar-refractivity contribution in [3.05, 3.63) is 41.4 Å². The summed E-state index contributed by atoms with van der Waals surface area (Å²) in [6.07, 6.45) is 0. The van der Waals surface area contributed by atoms with Gasteiger partial charge in [-0.1, -0.05) is 16.8 Å². The van der Waals surface area contributed by atoms with Crippen LogP contribution < -0.4 is 24.4 Å². The van der Waals surface area contributed by atoms with E-state index in [1.165, 1.54) is 32.4 Å². The molecule has 0 aliphatic carbocycles. The Hall–Kier alpha value is -3.86. The summed E-state index contributed by atoms with van der Waals surface area (Å²) in [4.78, 5) is 39.6. The number of hydrogen-bond acceptors (Lipinski definition) is 9. The summed E-state index contributed by atoms with van der Waals surface area (Å²) in [5, 5.41) is 11.9. The van der Waals surface area contributed by atoms with Gasteiger partial charge in [0, 0.05) is 6.07 Å². The number of imide groups is 1. The molecule has 1 N–H and O–H groups in total. The first-order valence-electron chi connectivity index (χ1n) is 9.78. The highest BCUT2D eigenvalue weighted by atomic mass is 35.5. The molecule has 1 saturated heterocycles. The number of amides is 3. The van der Waals surface area contributed by atoms with Crippen LogP contribution in [0.1, 0.15) is 0 Å². The first-order chi connectivity index (χ1) is 15.9. The Balaban J connectivity index is 1.49. The number of halogens is 1. The number of ether oxygens (including phenoxy) is 3. The lowest BCUT2D eigenvalue weighted by atomic mass is 10.1. The van der Waals surface area contributed by atoms with E-state index in [4.69, 9.17) is 25.8 Å². The van der Waals surface area contributed by atoms with Crippen LogP contribution in [0, 0.1) is 0 Å². The quantitative estimate of drug-likeness (QED) is 0.612. The van der Waals surface area contributed by atoms with Crippen molar-refractivity contribution < 1.29 is 28.6 Å². The van der Waals surface area contributed by atoms with Crippen LogP contribution in [0.4, 0.5) is 11.4 Å². The molecule has 0 spiro atoms. The second-order valence-electron chi connectivity index (χ2n) is 7.14. The van der Waals surface area contributed by atoms with E-state index < -0.39 is 29.8 Å². The van der Waals surface area contributed by atoms with Crippen molar-refractivity contribution >= 4 is 40.7 Å². The van der Waals surface area contributed by atoms with Gasteiger partial charge < -0.3 is 19.5 Å². The number of benzene rings is 2. The number of fused-ring (bicyclic) bond motifs is 1. The summed E-state index contributed by atoms with van der Waals surface area (Å²) >= 11 is 6.14. The molecule has 0 radical (unpaired) electrons. The van der Waals surface area contributed by atoms with E-state index in [9.17, 15) is 14.4 Å². The van der Waals surface area contributed by atoms with Gasteiger partial charge in [-0.2, -0.15) is 5.11 Å². The molecule has 2 aromatic carbocycles. The molecule has 0 saturated carbocycles. The summed E-state index contributed by atoms with van der Waals surface area (Å²) in [7, 11) is 4.44. The fourth-order valence-electron chi connectivity index (χ4n) is 3.64. The van der Waals surface area contributed by atoms with Crippen LogP contribution in [-0.4, -0.2) is 62.7 Å². The molecule has 2 aliphatic rings. The maximum Gasteiger partial charge on any atom is 0.263 e. The smallest absolute Gasteiger partial charge is 0.263 e. The standard InChI is InChI=1S/C21H20ClN5O6/c1-31-12-5-6-14(16(9-12)33-3)23-17(28)10-26-19-18(24-25-26)20(29)27(21(19)30)11-4-7-15(32-2)13(22)8-11/h4-9,18-19H,10H2,1-3H3,(H,23,28)/t18-,19-/m1/s1. The van der Waals surface area contributed by atoms with Crippen LogP contribution in [0.3, 0.4) is 0 Å². The number of carbonyl (C=O) groups is 3.